The van der Waals surface area contributed by atoms with Gasteiger partial charge in [0, 0.05) is 5.69 Å². The SMILES string of the molecule is Nc1ccc(S(=O)(=O)CCCCN2CCC(Cc3ccccc3)CC2)cc1. The van der Waals surface area contributed by atoms with Crippen molar-refractivity contribution in [3.63, 3.8) is 0 Å². The van der Waals surface area contributed by atoms with E-state index >= 15 is 0 Å². The van der Waals surface area contributed by atoms with Gasteiger partial charge in [-0.25, -0.2) is 8.42 Å². The molecule has 0 amide bonds. The molecule has 0 unspecified atom stereocenters. The molecule has 3 rings (SSSR count). The summed E-state index contributed by atoms with van der Waals surface area (Å²) >= 11 is 0. The maximum absolute atomic E-state index is 12.4. The molecule has 4 nitrogen and oxygen atoms in total. The van der Waals surface area contributed by atoms with Crippen LogP contribution in [0.25, 0.3) is 0 Å². The quantitative estimate of drug-likeness (QED) is 0.554. The van der Waals surface area contributed by atoms with E-state index < -0.39 is 9.84 Å². The van der Waals surface area contributed by atoms with Gasteiger partial charge in [-0.1, -0.05) is 30.3 Å². The lowest BCUT2D eigenvalue weighted by atomic mass is 9.90. The highest BCUT2D eigenvalue weighted by molar-refractivity contribution is 7.91. The van der Waals surface area contributed by atoms with Crippen molar-refractivity contribution in [3.8, 4) is 0 Å². The molecule has 27 heavy (non-hydrogen) atoms. The van der Waals surface area contributed by atoms with E-state index in [-0.39, 0.29) is 5.75 Å². The number of hydrogen-bond acceptors (Lipinski definition) is 4. The summed E-state index contributed by atoms with van der Waals surface area (Å²) in [4.78, 5) is 2.86. The van der Waals surface area contributed by atoms with E-state index in [1.165, 1.54) is 24.8 Å². The highest BCUT2D eigenvalue weighted by Gasteiger charge is 2.19. The third kappa shape index (κ3) is 6.08. The van der Waals surface area contributed by atoms with Crippen LogP contribution in [-0.2, 0) is 16.3 Å². The molecule has 2 aromatic rings. The summed E-state index contributed by atoms with van der Waals surface area (Å²) in [6, 6.07) is 17.2. The minimum absolute atomic E-state index is 0.210. The second-order valence-electron chi connectivity index (χ2n) is 7.57. The third-order valence-electron chi connectivity index (χ3n) is 5.45. The number of nitrogens with zero attached hydrogens (tertiary/aromatic N) is 1. The van der Waals surface area contributed by atoms with Crippen molar-refractivity contribution in [2.45, 2.75) is 37.0 Å². The standard InChI is InChI=1S/C22H30N2O2S/c23-21-8-10-22(11-9-21)27(25,26)17-5-4-14-24-15-12-20(13-16-24)18-19-6-2-1-3-7-19/h1-3,6-11,20H,4-5,12-18,23H2. The summed E-state index contributed by atoms with van der Waals surface area (Å²) in [5.41, 5.74) is 7.65. The number of anilines is 1. The van der Waals surface area contributed by atoms with Crippen LogP contribution in [0.5, 0.6) is 0 Å². The van der Waals surface area contributed by atoms with Crippen LogP contribution in [0.15, 0.2) is 59.5 Å². The number of benzene rings is 2. The molecular weight excluding hydrogens is 356 g/mol. The number of hydrogen-bond donors (Lipinski definition) is 1. The van der Waals surface area contributed by atoms with Crippen molar-refractivity contribution in [2.24, 2.45) is 5.92 Å². The molecule has 1 fully saturated rings. The molecule has 2 N–H and O–H groups in total. The Hall–Kier alpha value is -1.85. The molecule has 1 aliphatic rings. The molecule has 0 radical (unpaired) electrons. The average Bonchev–Trinajstić information content (AvgIpc) is 2.68. The van der Waals surface area contributed by atoms with Gasteiger partial charge in [-0.3, -0.25) is 0 Å². The van der Waals surface area contributed by atoms with Gasteiger partial charge in [0.2, 0.25) is 0 Å². The summed E-state index contributed by atoms with van der Waals surface area (Å²) < 4.78 is 24.7. The van der Waals surface area contributed by atoms with Gasteiger partial charge in [0.15, 0.2) is 9.84 Å². The Morgan fingerprint density at radius 1 is 0.926 bits per heavy atom. The van der Waals surface area contributed by atoms with Crippen LogP contribution >= 0.6 is 0 Å². The van der Waals surface area contributed by atoms with Gasteiger partial charge in [0.1, 0.15) is 0 Å². The molecule has 5 heteroatoms. The maximum atomic E-state index is 12.4. The molecular formula is C22H30N2O2S. The van der Waals surface area contributed by atoms with Crippen LogP contribution in [0.4, 0.5) is 5.69 Å². The molecule has 0 bridgehead atoms. The number of likely N-dealkylation sites (tertiary alicyclic amines) is 1. The van der Waals surface area contributed by atoms with Crippen molar-refractivity contribution in [2.75, 3.05) is 31.1 Å². The minimum Gasteiger partial charge on any atom is -0.399 e. The van der Waals surface area contributed by atoms with E-state index in [1.54, 1.807) is 24.3 Å². The van der Waals surface area contributed by atoms with Crippen LogP contribution in [0.1, 0.15) is 31.2 Å². The lowest BCUT2D eigenvalue weighted by Crippen LogP contribution is -2.35. The Morgan fingerprint density at radius 2 is 1.59 bits per heavy atom. The molecule has 0 aliphatic carbocycles. The number of nitrogens with two attached hydrogens (primary N) is 1. The van der Waals surface area contributed by atoms with E-state index in [1.807, 2.05) is 0 Å². The number of nitrogen functional groups attached to an aromatic ring is 1. The molecule has 2 aromatic carbocycles. The molecule has 0 spiro atoms. The van der Waals surface area contributed by atoms with Crippen molar-refractivity contribution in [3.05, 3.63) is 60.2 Å². The van der Waals surface area contributed by atoms with Gasteiger partial charge in [-0.05, 0) is 87.5 Å². The first-order valence-electron chi connectivity index (χ1n) is 9.87. The van der Waals surface area contributed by atoms with E-state index in [4.69, 9.17) is 5.73 Å². The van der Waals surface area contributed by atoms with Crippen LogP contribution < -0.4 is 5.73 Å². The van der Waals surface area contributed by atoms with Crippen LogP contribution in [0.2, 0.25) is 0 Å². The number of sulfone groups is 1. The molecule has 0 aromatic heterocycles. The van der Waals surface area contributed by atoms with Gasteiger partial charge >= 0.3 is 0 Å². The fourth-order valence-electron chi connectivity index (χ4n) is 3.78. The summed E-state index contributed by atoms with van der Waals surface area (Å²) in [6.45, 7) is 3.25. The predicted octanol–water partition coefficient (Wildman–Crippen LogP) is 3.78. The number of unbranched alkanes of at least 4 members (excludes halogenated alkanes) is 1. The smallest absolute Gasteiger partial charge is 0.178 e. The molecule has 1 heterocycles. The van der Waals surface area contributed by atoms with Crippen molar-refractivity contribution >= 4 is 15.5 Å². The highest BCUT2D eigenvalue weighted by atomic mass is 32.2. The first-order chi connectivity index (χ1) is 13.0. The molecule has 146 valence electrons. The van der Waals surface area contributed by atoms with Crippen LogP contribution in [0, 0.1) is 5.92 Å². The average molecular weight is 387 g/mol. The van der Waals surface area contributed by atoms with Crippen LogP contribution in [-0.4, -0.2) is 38.7 Å². The summed E-state index contributed by atoms with van der Waals surface area (Å²) in [7, 11) is -3.20. The monoisotopic (exact) mass is 386 g/mol. The first-order valence-corrected chi connectivity index (χ1v) is 11.5. The predicted molar refractivity (Wildman–Crippen MR) is 111 cm³/mol. The van der Waals surface area contributed by atoms with Gasteiger partial charge in [0.05, 0.1) is 10.6 Å². The normalized spacial score (nSPS) is 16.4. The number of piperidine rings is 1. The Bertz CT molecular complexity index is 796. The zero-order valence-electron chi connectivity index (χ0n) is 15.9. The molecule has 1 saturated heterocycles. The summed E-state index contributed by atoms with van der Waals surface area (Å²) in [6.07, 6.45) is 5.28. The molecule has 0 saturated carbocycles. The molecule has 1 aliphatic heterocycles. The second-order valence-corrected chi connectivity index (χ2v) is 9.68. The van der Waals surface area contributed by atoms with E-state index in [2.05, 4.69) is 35.2 Å². The van der Waals surface area contributed by atoms with Gasteiger partial charge in [0.25, 0.3) is 0 Å². The Balaban J connectivity index is 1.35. The minimum atomic E-state index is -3.20. The number of rotatable bonds is 8. The zero-order chi connectivity index (χ0) is 19.1. The largest absolute Gasteiger partial charge is 0.399 e. The summed E-state index contributed by atoms with van der Waals surface area (Å²) in [5.74, 6) is 0.982. The Labute approximate surface area is 163 Å². The third-order valence-corrected chi connectivity index (χ3v) is 7.27. The van der Waals surface area contributed by atoms with Crippen molar-refractivity contribution in [1.82, 2.24) is 4.90 Å². The summed E-state index contributed by atoms with van der Waals surface area (Å²) in [5, 5.41) is 0. The van der Waals surface area contributed by atoms with Crippen molar-refractivity contribution in [1.29, 1.82) is 0 Å². The van der Waals surface area contributed by atoms with Gasteiger partial charge < -0.3 is 10.6 Å². The lowest BCUT2D eigenvalue weighted by Gasteiger charge is -2.32. The van der Waals surface area contributed by atoms with E-state index in [9.17, 15) is 8.42 Å². The fraction of sp³-hybridized carbons (Fsp3) is 0.455. The van der Waals surface area contributed by atoms with E-state index in [0.29, 0.717) is 17.0 Å². The van der Waals surface area contributed by atoms with Crippen molar-refractivity contribution < 1.29 is 8.42 Å². The topological polar surface area (TPSA) is 63.4 Å². The zero-order valence-corrected chi connectivity index (χ0v) is 16.7. The fourth-order valence-corrected chi connectivity index (χ4v) is 5.15. The second kappa shape index (κ2) is 9.38. The Kier molecular flexibility index (Phi) is 6.91. The highest BCUT2D eigenvalue weighted by Crippen LogP contribution is 2.22. The van der Waals surface area contributed by atoms with Gasteiger partial charge in [-0.15, -0.1) is 0 Å². The maximum Gasteiger partial charge on any atom is 0.178 e. The van der Waals surface area contributed by atoms with E-state index in [0.717, 1.165) is 32.0 Å². The Morgan fingerprint density at radius 3 is 2.26 bits per heavy atom. The lowest BCUT2D eigenvalue weighted by molar-refractivity contribution is 0.182. The molecule has 0 atom stereocenters. The van der Waals surface area contributed by atoms with Crippen LogP contribution in [0.3, 0.4) is 0 Å². The first kappa shape index (κ1) is 19.9. The van der Waals surface area contributed by atoms with Gasteiger partial charge in [-0.2, -0.15) is 0 Å².